The number of hydrogen-bond donors (Lipinski definition) is 3. The number of hydrogen-bond acceptors (Lipinski definition) is 3. The second kappa shape index (κ2) is 7.23. The highest BCUT2D eigenvalue weighted by molar-refractivity contribution is 6.30. The van der Waals surface area contributed by atoms with Crippen LogP contribution in [0.5, 0.6) is 0 Å². The zero-order valence-corrected chi connectivity index (χ0v) is 13.7. The number of nitrogens with zero attached hydrogens (tertiary/aromatic N) is 1. The van der Waals surface area contributed by atoms with Gasteiger partial charge in [0.2, 0.25) is 0 Å². The minimum Gasteiger partial charge on any atom is -0.396 e. The molecule has 2 aliphatic rings. The summed E-state index contributed by atoms with van der Waals surface area (Å²) < 4.78 is 0. The summed E-state index contributed by atoms with van der Waals surface area (Å²) in [7, 11) is 0. The van der Waals surface area contributed by atoms with Crippen molar-refractivity contribution in [2.24, 2.45) is 5.92 Å². The summed E-state index contributed by atoms with van der Waals surface area (Å²) in [5.41, 5.74) is 1.09. The quantitative estimate of drug-likeness (QED) is 0.739. The highest BCUT2D eigenvalue weighted by atomic mass is 35.5. The second-order valence-corrected chi connectivity index (χ2v) is 6.64. The highest BCUT2D eigenvalue weighted by Gasteiger charge is 2.25. The lowest BCUT2D eigenvalue weighted by molar-refractivity contribution is 0.229. The maximum absolute atomic E-state index is 12.1. The van der Waals surface area contributed by atoms with Crippen LogP contribution in [0.4, 0.5) is 10.5 Å². The number of carbonyl (C=O) groups excluding carboxylic acids is 1. The molecule has 6 heteroatoms. The smallest absolute Gasteiger partial charge is 0.315 e. The van der Waals surface area contributed by atoms with E-state index in [2.05, 4.69) is 15.5 Å². The van der Waals surface area contributed by atoms with Gasteiger partial charge in [0.15, 0.2) is 0 Å². The first-order valence-electron chi connectivity index (χ1n) is 8.01. The second-order valence-electron chi connectivity index (χ2n) is 6.20. The van der Waals surface area contributed by atoms with Crippen LogP contribution in [0.3, 0.4) is 0 Å². The monoisotopic (exact) mass is 335 g/mol. The zero-order valence-electron chi connectivity index (χ0n) is 12.9. The topological polar surface area (TPSA) is 64.6 Å². The average molecular weight is 336 g/mol. The zero-order chi connectivity index (χ0) is 16.2. The molecule has 2 amide bonds. The van der Waals surface area contributed by atoms with Gasteiger partial charge in [0.1, 0.15) is 0 Å². The number of aliphatic hydroxyl groups is 1. The standard InChI is InChI=1S/C17H22ClN3O2/c18-13-2-1-3-16(9-13)21-7-6-15(10-21)20-17(23)19-14-5-4-12(8-14)11-22/h1-5,9,12,14-15,22H,6-8,10-11H2,(H2,19,20,23)/t12-,14+,15?/m0/s1. The molecule has 1 fully saturated rings. The molecule has 23 heavy (non-hydrogen) atoms. The number of urea groups is 1. The van der Waals surface area contributed by atoms with Crippen LogP contribution in [0.25, 0.3) is 0 Å². The third-order valence-electron chi connectivity index (χ3n) is 4.42. The van der Waals surface area contributed by atoms with Gasteiger partial charge in [-0.25, -0.2) is 4.79 Å². The van der Waals surface area contributed by atoms with Gasteiger partial charge >= 0.3 is 6.03 Å². The fourth-order valence-electron chi connectivity index (χ4n) is 3.20. The molecule has 0 spiro atoms. The van der Waals surface area contributed by atoms with Crippen molar-refractivity contribution in [3.63, 3.8) is 0 Å². The third-order valence-corrected chi connectivity index (χ3v) is 4.66. The average Bonchev–Trinajstić information content (AvgIpc) is 3.16. The van der Waals surface area contributed by atoms with Crippen molar-refractivity contribution in [2.45, 2.75) is 24.9 Å². The number of nitrogens with one attached hydrogen (secondary N) is 2. The van der Waals surface area contributed by atoms with Crippen LogP contribution in [-0.4, -0.2) is 42.9 Å². The summed E-state index contributed by atoms with van der Waals surface area (Å²) in [5, 5.41) is 15.8. The molecule has 0 saturated carbocycles. The number of carbonyl (C=O) groups is 1. The Morgan fingerprint density at radius 3 is 2.96 bits per heavy atom. The van der Waals surface area contributed by atoms with Crippen molar-refractivity contribution in [3.05, 3.63) is 41.4 Å². The molecule has 1 aromatic rings. The van der Waals surface area contributed by atoms with Crippen LogP contribution in [0.1, 0.15) is 12.8 Å². The Balaban J connectivity index is 1.46. The molecule has 0 aromatic heterocycles. The number of benzene rings is 1. The summed E-state index contributed by atoms with van der Waals surface area (Å²) in [6, 6.07) is 7.78. The molecular weight excluding hydrogens is 314 g/mol. The number of halogens is 1. The Bertz CT molecular complexity index is 593. The van der Waals surface area contributed by atoms with Gasteiger partial charge in [0.25, 0.3) is 0 Å². The minimum absolute atomic E-state index is 0.0117. The Morgan fingerprint density at radius 1 is 1.35 bits per heavy atom. The SMILES string of the molecule is O=C(NC1CCN(c2cccc(Cl)c2)C1)N[C@@H]1C=C[C@H](CO)C1. The van der Waals surface area contributed by atoms with Crippen molar-refractivity contribution in [1.29, 1.82) is 0 Å². The van der Waals surface area contributed by atoms with Crippen molar-refractivity contribution in [1.82, 2.24) is 10.6 Å². The Hall–Kier alpha value is -1.72. The van der Waals surface area contributed by atoms with Gasteiger partial charge in [-0.3, -0.25) is 0 Å². The normalized spacial score (nSPS) is 26.5. The Kier molecular flexibility index (Phi) is 5.08. The number of anilines is 1. The molecule has 5 nitrogen and oxygen atoms in total. The van der Waals surface area contributed by atoms with E-state index in [1.165, 1.54) is 0 Å². The van der Waals surface area contributed by atoms with E-state index in [0.717, 1.165) is 36.6 Å². The van der Waals surface area contributed by atoms with E-state index < -0.39 is 0 Å². The van der Waals surface area contributed by atoms with E-state index in [1.54, 1.807) is 0 Å². The van der Waals surface area contributed by atoms with Crippen LogP contribution in [0.15, 0.2) is 36.4 Å². The van der Waals surface area contributed by atoms with E-state index in [4.69, 9.17) is 16.7 Å². The van der Waals surface area contributed by atoms with Crippen LogP contribution in [-0.2, 0) is 0 Å². The first-order valence-corrected chi connectivity index (χ1v) is 8.38. The summed E-state index contributed by atoms with van der Waals surface area (Å²) in [6.07, 6.45) is 5.59. The van der Waals surface area contributed by atoms with Gasteiger partial charge in [0, 0.05) is 48.4 Å². The van der Waals surface area contributed by atoms with Gasteiger partial charge in [0.05, 0.1) is 0 Å². The molecule has 1 heterocycles. The van der Waals surface area contributed by atoms with Crippen molar-refractivity contribution in [2.75, 3.05) is 24.6 Å². The molecule has 1 aromatic carbocycles. The fraction of sp³-hybridized carbons (Fsp3) is 0.471. The molecule has 3 atom stereocenters. The van der Waals surface area contributed by atoms with Crippen LogP contribution < -0.4 is 15.5 Å². The molecule has 0 radical (unpaired) electrons. The first-order chi connectivity index (χ1) is 11.1. The lowest BCUT2D eigenvalue weighted by atomic mass is 10.1. The van der Waals surface area contributed by atoms with E-state index in [9.17, 15) is 4.79 Å². The third kappa shape index (κ3) is 4.18. The molecule has 1 unspecified atom stereocenters. The number of amides is 2. The molecule has 1 saturated heterocycles. The van der Waals surface area contributed by atoms with E-state index >= 15 is 0 Å². The van der Waals surface area contributed by atoms with Crippen LogP contribution in [0, 0.1) is 5.92 Å². The van der Waals surface area contributed by atoms with E-state index in [-0.39, 0.29) is 30.6 Å². The van der Waals surface area contributed by atoms with Gasteiger partial charge in [-0.2, -0.15) is 0 Å². The lowest BCUT2D eigenvalue weighted by Gasteiger charge is -2.20. The molecule has 3 N–H and O–H groups in total. The van der Waals surface area contributed by atoms with Crippen molar-refractivity contribution >= 4 is 23.3 Å². The largest absolute Gasteiger partial charge is 0.396 e. The highest BCUT2D eigenvalue weighted by Crippen LogP contribution is 2.23. The van der Waals surface area contributed by atoms with Crippen molar-refractivity contribution in [3.8, 4) is 0 Å². The minimum atomic E-state index is -0.142. The molecule has 1 aliphatic carbocycles. The predicted molar refractivity (Wildman–Crippen MR) is 91.9 cm³/mol. The summed E-state index contributed by atoms with van der Waals surface area (Å²) in [6.45, 7) is 1.82. The fourth-order valence-corrected chi connectivity index (χ4v) is 3.38. The maximum Gasteiger partial charge on any atom is 0.315 e. The number of aliphatic hydroxyl groups excluding tert-OH is 1. The molecule has 3 rings (SSSR count). The first kappa shape index (κ1) is 16.1. The van der Waals surface area contributed by atoms with Gasteiger partial charge in [-0.15, -0.1) is 0 Å². The predicted octanol–water partition coefficient (Wildman–Crippen LogP) is 2.15. The molecular formula is C17H22ClN3O2. The Labute approximate surface area is 141 Å². The summed E-state index contributed by atoms with van der Waals surface area (Å²) in [5.74, 6) is 0.158. The van der Waals surface area contributed by atoms with Gasteiger partial charge in [-0.1, -0.05) is 29.8 Å². The summed E-state index contributed by atoms with van der Waals surface area (Å²) in [4.78, 5) is 14.3. The van der Waals surface area contributed by atoms with E-state index in [0.29, 0.717) is 0 Å². The molecule has 1 aliphatic heterocycles. The van der Waals surface area contributed by atoms with Gasteiger partial charge < -0.3 is 20.6 Å². The van der Waals surface area contributed by atoms with Crippen LogP contribution in [0.2, 0.25) is 5.02 Å². The number of rotatable bonds is 4. The lowest BCUT2D eigenvalue weighted by Crippen LogP contribution is -2.46. The van der Waals surface area contributed by atoms with Gasteiger partial charge in [-0.05, 0) is 31.0 Å². The van der Waals surface area contributed by atoms with E-state index in [1.807, 2.05) is 36.4 Å². The molecule has 0 bridgehead atoms. The maximum atomic E-state index is 12.1. The van der Waals surface area contributed by atoms with Crippen molar-refractivity contribution < 1.29 is 9.90 Å². The molecule has 124 valence electrons. The summed E-state index contributed by atoms with van der Waals surface area (Å²) >= 11 is 6.03. The Morgan fingerprint density at radius 2 is 2.22 bits per heavy atom. The van der Waals surface area contributed by atoms with Crippen LogP contribution >= 0.6 is 11.6 Å².